The summed E-state index contributed by atoms with van der Waals surface area (Å²) < 4.78 is 5.37. The second-order valence-electron chi connectivity index (χ2n) is 6.24. The number of hydrogen-bond acceptors (Lipinski definition) is 4. The molecule has 0 fully saturated rings. The fourth-order valence-corrected chi connectivity index (χ4v) is 2.85. The van der Waals surface area contributed by atoms with E-state index in [1.165, 1.54) is 0 Å². The number of rotatable bonds is 6. The summed E-state index contributed by atoms with van der Waals surface area (Å²) in [5.74, 6) is -0.942. The number of ether oxygens (including phenoxy) is 1. The van der Waals surface area contributed by atoms with Gasteiger partial charge in [-0.15, -0.1) is 0 Å². The number of nitrogens with one attached hydrogen (secondary N) is 2. The number of anilines is 2. The molecule has 0 saturated heterocycles. The fraction of sp³-hybridized carbons (Fsp3) is 0.130. The van der Waals surface area contributed by atoms with Crippen molar-refractivity contribution >= 4 is 23.3 Å². The fourth-order valence-electron chi connectivity index (χ4n) is 2.85. The largest absolute Gasteiger partial charge is 0.449 e. The standard InChI is InChI=1S/C23H22N2O3/c1-16(28-23(27)19-13-7-8-14-20(19)24-2)22(26)25-21-15-9-6-12-18(21)17-10-4-3-5-11-17/h3-16,24H,1-2H3,(H,25,26)/t16-/m1/s1. The Bertz CT molecular complexity index is 970. The quantitative estimate of drug-likeness (QED) is 0.620. The number of amides is 1. The topological polar surface area (TPSA) is 67.4 Å². The molecule has 0 heterocycles. The molecule has 3 aromatic rings. The highest BCUT2D eigenvalue weighted by atomic mass is 16.5. The van der Waals surface area contributed by atoms with Gasteiger partial charge < -0.3 is 15.4 Å². The zero-order valence-corrected chi connectivity index (χ0v) is 15.8. The first kappa shape index (κ1) is 19.2. The molecule has 0 aromatic heterocycles. The second-order valence-corrected chi connectivity index (χ2v) is 6.24. The van der Waals surface area contributed by atoms with Crippen molar-refractivity contribution in [1.82, 2.24) is 0 Å². The Hall–Kier alpha value is -3.60. The summed E-state index contributed by atoms with van der Waals surface area (Å²) in [5.41, 5.74) is 3.59. The van der Waals surface area contributed by atoms with E-state index in [0.29, 0.717) is 16.9 Å². The molecular formula is C23H22N2O3. The zero-order chi connectivity index (χ0) is 19.9. The molecule has 0 aliphatic rings. The molecule has 142 valence electrons. The lowest BCUT2D eigenvalue weighted by Gasteiger charge is -2.16. The van der Waals surface area contributed by atoms with E-state index in [4.69, 9.17) is 4.74 Å². The van der Waals surface area contributed by atoms with Gasteiger partial charge in [0, 0.05) is 24.0 Å². The highest BCUT2D eigenvalue weighted by Gasteiger charge is 2.21. The van der Waals surface area contributed by atoms with Gasteiger partial charge in [-0.2, -0.15) is 0 Å². The van der Waals surface area contributed by atoms with Crippen molar-refractivity contribution in [2.24, 2.45) is 0 Å². The predicted molar refractivity (Wildman–Crippen MR) is 111 cm³/mol. The van der Waals surface area contributed by atoms with E-state index in [2.05, 4.69) is 10.6 Å². The monoisotopic (exact) mass is 374 g/mol. The van der Waals surface area contributed by atoms with Crippen molar-refractivity contribution in [1.29, 1.82) is 0 Å². The smallest absolute Gasteiger partial charge is 0.341 e. The van der Waals surface area contributed by atoms with E-state index in [1.54, 1.807) is 32.2 Å². The van der Waals surface area contributed by atoms with Gasteiger partial charge in [-0.05, 0) is 30.7 Å². The van der Waals surface area contributed by atoms with Gasteiger partial charge >= 0.3 is 5.97 Å². The van der Waals surface area contributed by atoms with Crippen LogP contribution in [0, 0.1) is 0 Å². The van der Waals surface area contributed by atoms with E-state index in [-0.39, 0.29) is 0 Å². The number of hydrogen-bond donors (Lipinski definition) is 2. The lowest BCUT2D eigenvalue weighted by Crippen LogP contribution is -2.30. The van der Waals surface area contributed by atoms with Crippen LogP contribution in [0.25, 0.3) is 11.1 Å². The number of carbonyl (C=O) groups is 2. The van der Waals surface area contributed by atoms with Crippen molar-refractivity contribution in [2.45, 2.75) is 13.0 Å². The average Bonchev–Trinajstić information content (AvgIpc) is 2.74. The molecule has 5 nitrogen and oxygen atoms in total. The highest BCUT2D eigenvalue weighted by molar-refractivity contribution is 6.01. The molecule has 0 aliphatic heterocycles. The Morgan fingerprint density at radius 1 is 0.821 bits per heavy atom. The van der Waals surface area contributed by atoms with E-state index in [1.807, 2.05) is 60.7 Å². The molecule has 2 N–H and O–H groups in total. The van der Waals surface area contributed by atoms with Gasteiger partial charge in [0.15, 0.2) is 6.10 Å². The number of carbonyl (C=O) groups excluding carboxylic acids is 2. The molecule has 0 unspecified atom stereocenters. The third-order valence-electron chi connectivity index (χ3n) is 4.34. The normalized spacial score (nSPS) is 11.4. The van der Waals surface area contributed by atoms with Crippen molar-refractivity contribution < 1.29 is 14.3 Å². The summed E-state index contributed by atoms with van der Waals surface area (Å²) >= 11 is 0. The predicted octanol–water partition coefficient (Wildman–Crippen LogP) is 4.58. The van der Waals surface area contributed by atoms with Crippen LogP contribution >= 0.6 is 0 Å². The SMILES string of the molecule is CNc1ccccc1C(=O)O[C@H](C)C(=O)Nc1ccccc1-c1ccccc1. The van der Waals surface area contributed by atoms with Gasteiger partial charge in [0.1, 0.15) is 0 Å². The Labute approximate surface area is 164 Å². The number of esters is 1. The van der Waals surface area contributed by atoms with Crippen LogP contribution < -0.4 is 10.6 Å². The number of benzene rings is 3. The van der Waals surface area contributed by atoms with Gasteiger partial charge in [-0.3, -0.25) is 4.79 Å². The maximum Gasteiger partial charge on any atom is 0.341 e. The molecular weight excluding hydrogens is 352 g/mol. The van der Waals surface area contributed by atoms with E-state index >= 15 is 0 Å². The summed E-state index contributed by atoms with van der Waals surface area (Å²) in [6, 6.07) is 24.3. The third-order valence-corrected chi connectivity index (χ3v) is 4.34. The van der Waals surface area contributed by atoms with Gasteiger partial charge in [0.2, 0.25) is 0 Å². The van der Waals surface area contributed by atoms with Crippen LogP contribution in [0.5, 0.6) is 0 Å². The Morgan fingerprint density at radius 3 is 2.14 bits per heavy atom. The summed E-state index contributed by atoms with van der Waals surface area (Å²) in [6.45, 7) is 1.56. The van der Waals surface area contributed by atoms with Crippen LogP contribution in [0.1, 0.15) is 17.3 Å². The first-order chi connectivity index (χ1) is 13.6. The summed E-state index contributed by atoms with van der Waals surface area (Å²) in [5, 5.41) is 5.81. The van der Waals surface area contributed by atoms with E-state index in [9.17, 15) is 9.59 Å². The van der Waals surface area contributed by atoms with Crippen molar-refractivity contribution in [3.8, 4) is 11.1 Å². The molecule has 0 saturated carbocycles. The average molecular weight is 374 g/mol. The molecule has 28 heavy (non-hydrogen) atoms. The minimum absolute atomic E-state index is 0.384. The first-order valence-electron chi connectivity index (χ1n) is 9.03. The van der Waals surface area contributed by atoms with Gasteiger partial charge in [0.25, 0.3) is 5.91 Å². The molecule has 3 aromatic carbocycles. The molecule has 0 aliphatic carbocycles. The minimum Gasteiger partial charge on any atom is -0.449 e. The molecule has 1 atom stereocenters. The molecule has 0 bridgehead atoms. The molecule has 1 amide bonds. The second kappa shape index (κ2) is 8.86. The van der Waals surface area contributed by atoms with Crippen molar-refractivity contribution in [2.75, 3.05) is 17.7 Å². The Balaban J connectivity index is 1.73. The summed E-state index contributed by atoms with van der Waals surface area (Å²) in [6.07, 6.45) is -0.943. The third kappa shape index (κ3) is 4.38. The summed E-state index contributed by atoms with van der Waals surface area (Å²) in [4.78, 5) is 25.1. The first-order valence-corrected chi connectivity index (χ1v) is 9.03. The van der Waals surface area contributed by atoms with Crippen molar-refractivity contribution in [3.05, 3.63) is 84.4 Å². The highest BCUT2D eigenvalue weighted by Crippen LogP contribution is 2.27. The number of para-hydroxylation sites is 2. The molecule has 3 rings (SSSR count). The Kier molecular flexibility index (Phi) is 6.07. The lowest BCUT2D eigenvalue weighted by atomic mass is 10.0. The van der Waals surface area contributed by atoms with Crippen molar-refractivity contribution in [3.63, 3.8) is 0 Å². The van der Waals surface area contributed by atoms with Crippen LogP contribution in [0.4, 0.5) is 11.4 Å². The van der Waals surface area contributed by atoms with E-state index < -0.39 is 18.0 Å². The van der Waals surface area contributed by atoms with Gasteiger partial charge in [-0.1, -0.05) is 60.7 Å². The van der Waals surface area contributed by atoms with Gasteiger partial charge in [-0.25, -0.2) is 4.79 Å². The molecule has 0 spiro atoms. The van der Waals surface area contributed by atoms with Gasteiger partial charge in [0.05, 0.1) is 5.56 Å². The van der Waals surface area contributed by atoms with Crippen LogP contribution in [-0.2, 0) is 9.53 Å². The van der Waals surface area contributed by atoms with Crippen LogP contribution in [-0.4, -0.2) is 25.0 Å². The van der Waals surface area contributed by atoms with Crippen LogP contribution in [0.15, 0.2) is 78.9 Å². The van der Waals surface area contributed by atoms with Crippen LogP contribution in [0.2, 0.25) is 0 Å². The lowest BCUT2D eigenvalue weighted by molar-refractivity contribution is -0.123. The maximum atomic E-state index is 12.6. The van der Waals surface area contributed by atoms with Crippen LogP contribution in [0.3, 0.4) is 0 Å². The Morgan fingerprint density at radius 2 is 1.43 bits per heavy atom. The zero-order valence-electron chi connectivity index (χ0n) is 15.8. The van der Waals surface area contributed by atoms with E-state index in [0.717, 1.165) is 11.1 Å². The minimum atomic E-state index is -0.943. The maximum absolute atomic E-state index is 12.6. The molecule has 0 radical (unpaired) electrons. The molecule has 5 heteroatoms. The summed E-state index contributed by atoms with van der Waals surface area (Å²) in [7, 11) is 1.72.